The Kier molecular flexibility index (Phi) is 6.74. The summed E-state index contributed by atoms with van der Waals surface area (Å²) in [6.45, 7) is 1.26. The molecule has 1 saturated heterocycles. The molecular formula is C18H26O5. The first-order valence-electron chi connectivity index (χ1n) is 8.05. The minimum Gasteiger partial charge on any atom is -0.394 e. The van der Waals surface area contributed by atoms with Crippen molar-refractivity contribution in [3.8, 4) is 0 Å². The van der Waals surface area contributed by atoms with Crippen LogP contribution in [0.4, 0.5) is 0 Å². The fraction of sp³-hybridized carbons (Fsp3) is 0.556. The molecule has 128 valence electrons. The van der Waals surface area contributed by atoms with E-state index in [1.54, 1.807) is 6.92 Å². The number of hydrogen-bond donors (Lipinski definition) is 4. The van der Waals surface area contributed by atoms with Gasteiger partial charge in [0.1, 0.15) is 0 Å². The van der Waals surface area contributed by atoms with E-state index in [-0.39, 0.29) is 18.9 Å². The maximum Gasteiger partial charge on any atom is 0.0860 e. The van der Waals surface area contributed by atoms with Crippen molar-refractivity contribution in [1.82, 2.24) is 0 Å². The molecule has 2 aliphatic rings. The Balaban J connectivity index is 2.25. The van der Waals surface area contributed by atoms with E-state index in [0.29, 0.717) is 6.42 Å². The molecule has 0 bridgehead atoms. The Morgan fingerprint density at radius 1 is 1.17 bits per heavy atom. The van der Waals surface area contributed by atoms with E-state index in [1.165, 1.54) is 0 Å². The van der Waals surface area contributed by atoms with Gasteiger partial charge in [0.2, 0.25) is 0 Å². The molecule has 1 heterocycles. The summed E-state index contributed by atoms with van der Waals surface area (Å²) < 4.78 is 5.93. The zero-order chi connectivity index (χ0) is 16.8. The predicted molar refractivity (Wildman–Crippen MR) is 87.7 cm³/mol. The van der Waals surface area contributed by atoms with Crippen LogP contribution in [-0.4, -0.2) is 57.6 Å². The molecule has 3 unspecified atom stereocenters. The van der Waals surface area contributed by atoms with Gasteiger partial charge < -0.3 is 25.2 Å². The maximum atomic E-state index is 10.6. The van der Waals surface area contributed by atoms with Gasteiger partial charge in [0.15, 0.2) is 0 Å². The van der Waals surface area contributed by atoms with E-state index < -0.39 is 30.5 Å². The van der Waals surface area contributed by atoms with Crippen molar-refractivity contribution >= 4 is 0 Å². The molecule has 0 aromatic carbocycles. The number of allylic oxidation sites excluding steroid dienone is 7. The summed E-state index contributed by atoms with van der Waals surface area (Å²) in [5, 5.41) is 39.3. The van der Waals surface area contributed by atoms with Crippen LogP contribution in [-0.2, 0) is 4.74 Å². The molecule has 6 atom stereocenters. The van der Waals surface area contributed by atoms with Gasteiger partial charge in [-0.25, -0.2) is 0 Å². The molecule has 5 heteroatoms. The van der Waals surface area contributed by atoms with Crippen molar-refractivity contribution in [3.05, 3.63) is 48.1 Å². The fourth-order valence-electron chi connectivity index (χ4n) is 3.09. The number of aliphatic hydroxyl groups is 4. The van der Waals surface area contributed by atoms with Crippen LogP contribution in [0.1, 0.15) is 19.8 Å². The molecule has 23 heavy (non-hydrogen) atoms. The topological polar surface area (TPSA) is 90.2 Å². The Bertz CT molecular complexity index is 492. The van der Waals surface area contributed by atoms with E-state index in [0.717, 1.165) is 5.57 Å². The third-order valence-electron chi connectivity index (χ3n) is 4.30. The van der Waals surface area contributed by atoms with E-state index in [4.69, 9.17) is 9.84 Å². The molecule has 1 aliphatic carbocycles. The molecule has 0 spiro atoms. The van der Waals surface area contributed by atoms with Gasteiger partial charge in [-0.05, 0) is 12.5 Å². The maximum absolute atomic E-state index is 10.6. The Labute approximate surface area is 136 Å². The average Bonchev–Trinajstić information content (AvgIpc) is 2.47. The molecule has 0 aromatic rings. The average molecular weight is 322 g/mol. The zero-order valence-electron chi connectivity index (χ0n) is 13.3. The predicted octanol–water partition coefficient (Wildman–Crippen LogP) is 0.854. The van der Waals surface area contributed by atoms with Crippen molar-refractivity contribution in [2.75, 3.05) is 6.61 Å². The molecule has 0 radical (unpaired) electrons. The van der Waals surface area contributed by atoms with Crippen molar-refractivity contribution in [1.29, 1.82) is 0 Å². The molecule has 5 nitrogen and oxygen atoms in total. The first-order valence-corrected chi connectivity index (χ1v) is 8.05. The van der Waals surface area contributed by atoms with Crippen LogP contribution in [0.3, 0.4) is 0 Å². The lowest BCUT2D eigenvalue weighted by Gasteiger charge is -2.42. The zero-order valence-corrected chi connectivity index (χ0v) is 13.3. The lowest BCUT2D eigenvalue weighted by molar-refractivity contribution is -0.165. The first kappa shape index (κ1) is 18.1. The van der Waals surface area contributed by atoms with Gasteiger partial charge >= 0.3 is 0 Å². The Hall–Kier alpha value is -1.24. The normalized spacial score (nSPS) is 40.1. The van der Waals surface area contributed by atoms with Crippen LogP contribution in [0.5, 0.6) is 0 Å². The highest BCUT2D eigenvalue weighted by molar-refractivity contribution is 5.34. The van der Waals surface area contributed by atoms with Crippen LogP contribution >= 0.6 is 0 Å². The standard InChI is InChI=1S/C18H26O5/c1-12(20)16-10-15(22)18(17(23-16)9-14(21)11-19)13-7-5-3-2-4-6-8-13/h2-8,12,14-22H,9-11H2,1H3/b3-2-,4-2?,5-3?,6-4-,7-5-,8-6?,13-7?,13-8+/t12?,14-,15?,16+,17?,18+/m0/s1. The molecule has 0 amide bonds. The fourth-order valence-corrected chi connectivity index (χ4v) is 3.09. The Morgan fingerprint density at radius 3 is 2.57 bits per heavy atom. The SMILES string of the molecule is CC(O)[C@H]1CC(O)[C@@H](C2=C/C=C\C=C/C=C\2)C(C[C@H](O)CO)O1. The second-order valence-corrected chi connectivity index (χ2v) is 6.15. The van der Waals surface area contributed by atoms with E-state index in [2.05, 4.69) is 0 Å². The number of ether oxygens (including phenoxy) is 1. The van der Waals surface area contributed by atoms with Crippen molar-refractivity contribution < 1.29 is 25.2 Å². The summed E-state index contributed by atoms with van der Waals surface area (Å²) >= 11 is 0. The number of aliphatic hydroxyl groups excluding tert-OH is 4. The molecule has 1 aliphatic heterocycles. The summed E-state index contributed by atoms with van der Waals surface area (Å²) in [5.74, 6) is -0.321. The van der Waals surface area contributed by atoms with Gasteiger partial charge in [0.05, 0.1) is 37.1 Å². The number of hydrogen-bond acceptors (Lipinski definition) is 5. The van der Waals surface area contributed by atoms with Crippen LogP contribution in [0.25, 0.3) is 0 Å². The third-order valence-corrected chi connectivity index (χ3v) is 4.30. The molecule has 2 rings (SSSR count). The third kappa shape index (κ3) is 4.86. The molecule has 1 fully saturated rings. The largest absolute Gasteiger partial charge is 0.394 e. The van der Waals surface area contributed by atoms with Crippen molar-refractivity contribution in [3.63, 3.8) is 0 Å². The lowest BCUT2D eigenvalue weighted by Crippen LogP contribution is -2.49. The molecule has 0 aromatic heterocycles. The van der Waals surface area contributed by atoms with Gasteiger partial charge in [-0.3, -0.25) is 0 Å². The summed E-state index contributed by atoms with van der Waals surface area (Å²) in [6.07, 6.45) is 10.6. The minimum absolute atomic E-state index is 0.201. The van der Waals surface area contributed by atoms with Crippen molar-refractivity contribution in [2.45, 2.75) is 50.3 Å². The van der Waals surface area contributed by atoms with Gasteiger partial charge in [0, 0.05) is 18.8 Å². The monoisotopic (exact) mass is 322 g/mol. The highest BCUT2D eigenvalue weighted by atomic mass is 16.5. The second-order valence-electron chi connectivity index (χ2n) is 6.15. The smallest absolute Gasteiger partial charge is 0.0860 e. The van der Waals surface area contributed by atoms with Gasteiger partial charge in [-0.15, -0.1) is 0 Å². The minimum atomic E-state index is -0.920. The van der Waals surface area contributed by atoms with Crippen LogP contribution in [0.15, 0.2) is 48.1 Å². The van der Waals surface area contributed by atoms with Gasteiger partial charge in [-0.1, -0.05) is 42.5 Å². The molecule has 0 saturated carbocycles. The number of rotatable bonds is 5. The second kappa shape index (κ2) is 8.57. The summed E-state index contributed by atoms with van der Waals surface area (Å²) in [4.78, 5) is 0. The quantitative estimate of drug-likeness (QED) is 0.603. The Morgan fingerprint density at radius 2 is 1.87 bits per heavy atom. The molecule has 4 N–H and O–H groups in total. The van der Waals surface area contributed by atoms with Gasteiger partial charge in [-0.2, -0.15) is 0 Å². The first-order chi connectivity index (χ1) is 11.0. The summed E-state index contributed by atoms with van der Waals surface area (Å²) in [7, 11) is 0. The summed E-state index contributed by atoms with van der Waals surface area (Å²) in [6, 6.07) is 0. The van der Waals surface area contributed by atoms with E-state index >= 15 is 0 Å². The highest BCUT2D eigenvalue weighted by Gasteiger charge is 2.41. The lowest BCUT2D eigenvalue weighted by atomic mass is 9.79. The van der Waals surface area contributed by atoms with Crippen molar-refractivity contribution in [2.24, 2.45) is 5.92 Å². The molecular weight excluding hydrogens is 296 g/mol. The van der Waals surface area contributed by atoms with Crippen LogP contribution in [0, 0.1) is 5.92 Å². The van der Waals surface area contributed by atoms with Crippen LogP contribution < -0.4 is 0 Å². The van der Waals surface area contributed by atoms with E-state index in [1.807, 2.05) is 42.5 Å². The summed E-state index contributed by atoms with van der Waals surface area (Å²) in [5.41, 5.74) is 0.900. The van der Waals surface area contributed by atoms with Crippen LogP contribution in [0.2, 0.25) is 0 Å². The van der Waals surface area contributed by atoms with Gasteiger partial charge in [0.25, 0.3) is 0 Å². The van der Waals surface area contributed by atoms with E-state index in [9.17, 15) is 15.3 Å². The highest BCUT2D eigenvalue weighted by Crippen LogP contribution is 2.35.